The Morgan fingerprint density at radius 3 is 2.50 bits per heavy atom. The number of nitrogens with zero attached hydrogens (tertiary/aromatic N) is 2. The summed E-state index contributed by atoms with van der Waals surface area (Å²) in [6, 6.07) is 18.8. The van der Waals surface area contributed by atoms with Gasteiger partial charge in [0.2, 0.25) is 5.91 Å². The van der Waals surface area contributed by atoms with Gasteiger partial charge in [-0.1, -0.05) is 78.5 Å². The van der Waals surface area contributed by atoms with Gasteiger partial charge in [0.1, 0.15) is 0 Å². The third-order valence-electron chi connectivity index (χ3n) is 3.63. The maximum atomic E-state index is 12.2. The predicted molar refractivity (Wildman–Crippen MR) is 106 cm³/mol. The molecule has 1 saturated heterocycles. The van der Waals surface area contributed by atoms with Crippen LogP contribution in [0.1, 0.15) is 22.3 Å². The number of amides is 1. The summed E-state index contributed by atoms with van der Waals surface area (Å²) in [7, 11) is 0. The van der Waals surface area contributed by atoms with Gasteiger partial charge in [0.25, 0.3) is 0 Å². The number of carbonyl (C=O) groups excluding carboxylic acids is 2. The van der Waals surface area contributed by atoms with Gasteiger partial charge in [-0.15, -0.1) is 5.10 Å². The zero-order chi connectivity index (χ0) is 18.2. The standard InChI is InChI=1S/C20H17N3O2S/c24-17(16-11-5-2-6-12-16)14-18-19(25)22-20(26-18)23-21-13-7-10-15-8-3-1-4-9-15/h1-13,18H,14H2,(H,22,23,25)/b10-7+,21-13-/t18-/m1/s1. The molecular formula is C20H17N3O2S. The lowest BCUT2D eigenvalue weighted by molar-refractivity contribution is -0.118. The van der Waals surface area contributed by atoms with Crippen LogP contribution in [0.4, 0.5) is 0 Å². The Morgan fingerprint density at radius 1 is 1.08 bits per heavy atom. The van der Waals surface area contributed by atoms with E-state index in [0.717, 1.165) is 5.56 Å². The molecule has 130 valence electrons. The first kappa shape index (κ1) is 17.8. The van der Waals surface area contributed by atoms with Gasteiger partial charge >= 0.3 is 0 Å². The summed E-state index contributed by atoms with van der Waals surface area (Å²) in [5, 5.41) is 10.5. The maximum absolute atomic E-state index is 12.2. The molecule has 1 amide bonds. The summed E-state index contributed by atoms with van der Waals surface area (Å²) in [6.07, 6.45) is 5.37. The SMILES string of the molecule is O=C(C[C@H]1S/C(=N/N=C\C=C\c2ccccc2)NC1=O)c1ccccc1. The van der Waals surface area contributed by atoms with Gasteiger partial charge in [0.15, 0.2) is 11.0 Å². The Balaban J connectivity index is 1.54. The molecule has 1 atom stereocenters. The topological polar surface area (TPSA) is 70.9 Å². The maximum Gasteiger partial charge on any atom is 0.240 e. The van der Waals surface area contributed by atoms with Crippen molar-refractivity contribution in [1.29, 1.82) is 0 Å². The molecular weight excluding hydrogens is 346 g/mol. The lowest BCUT2D eigenvalue weighted by atomic mass is 10.1. The van der Waals surface area contributed by atoms with E-state index in [2.05, 4.69) is 15.5 Å². The molecule has 2 aromatic rings. The summed E-state index contributed by atoms with van der Waals surface area (Å²) in [5.41, 5.74) is 1.67. The fraction of sp³-hybridized carbons (Fsp3) is 0.100. The average molecular weight is 363 g/mol. The van der Waals surface area contributed by atoms with E-state index in [1.807, 2.05) is 42.5 Å². The zero-order valence-electron chi connectivity index (χ0n) is 13.9. The first-order valence-corrected chi connectivity index (χ1v) is 8.99. The van der Waals surface area contributed by atoms with Gasteiger partial charge in [0, 0.05) is 18.2 Å². The molecule has 1 fully saturated rings. The van der Waals surface area contributed by atoms with Crippen LogP contribution in [-0.4, -0.2) is 28.3 Å². The van der Waals surface area contributed by atoms with Crippen molar-refractivity contribution < 1.29 is 9.59 Å². The van der Waals surface area contributed by atoms with Crippen LogP contribution in [0.15, 0.2) is 76.9 Å². The largest absolute Gasteiger partial charge is 0.303 e. The molecule has 1 aliphatic rings. The molecule has 0 bridgehead atoms. The first-order valence-electron chi connectivity index (χ1n) is 8.11. The highest BCUT2D eigenvalue weighted by molar-refractivity contribution is 8.15. The van der Waals surface area contributed by atoms with Crippen LogP contribution in [0.3, 0.4) is 0 Å². The van der Waals surface area contributed by atoms with E-state index in [0.29, 0.717) is 10.7 Å². The van der Waals surface area contributed by atoms with Gasteiger partial charge in [-0.05, 0) is 11.6 Å². The predicted octanol–water partition coefficient (Wildman–Crippen LogP) is 3.55. The van der Waals surface area contributed by atoms with Gasteiger partial charge in [0.05, 0.1) is 5.25 Å². The van der Waals surface area contributed by atoms with Gasteiger partial charge < -0.3 is 5.32 Å². The molecule has 3 rings (SSSR count). The molecule has 0 radical (unpaired) electrons. The Morgan fingerprint density at radius 2 is 1.77 bits per heavy atom. The molecule has 0 unspecified atom stereocenters. The van der Waals surface area contributed by atoms with Crippen LogP contribution in [0, 0.1) is 0 Å². The fourth-order valence-electron chi connectivity index (χ4n) is 2.34. The number of allylic oxidation sites excluding steroid dienone is 1. The van der Waals surface area contributed by atoms with Crippen molar-refractivity contribution >= 4 is 40.9 Å². The number of nitrogens with one attached hydrogen (secondary N) is 1. The summed E-state index contributed by atoms with van der Waals surface area (Å²) in [6.45, 7) is 0. The average Bonchev–Trinajstić information content (AvgIpc) is 3.02. The molecule has 0 aromatic heterocycles. The van der Waals surface area contributed by atoms with E-state index in [9.17, 15) is 9.59 Å². The molecule has 0 spiro atoms. The Bertz CT molecular complexity index is 861. The normalized spacial score (nSPS) is 18.7. The molecule has 6 heteroatoms. The van der Waals surface area contributed by atoms with Gasteiger partial charge in [-0.3, -0.25) is 9.59 Å². The summed E-state index contributed by atoms with van der Waals surface area (Å²) in [5.74, 6) is -0.276. The highest BCUT2D eigenvalue weighted by atomic mass is 32.2. The molecule has 1 heterocycles. The van der Waals surface area contributed by atoms with Crippen LogP contribution < -0.4 is 5.32 Å². The molecule has 2 aromatic carbocycles. The number of benzene rings is 2. The van der Waals surface area contributed by atoms with Crippen molar-refractivity contribution in [3.05, 3.63) is 77.9 Å². The van der Waals surface area contributed by atoms with Crippen LogP contribution in [0.5, 0.6) is 0 Å². The lowest BCUT2D eigenvalue weighted by Crippen LogP contribution is -2.26. The number of amidine groups is 1. The van der Waals surface area contributed by atoms with Crippen molar-refractivity contribution in [2.45, 2.75) is 11.7 Å². The minimum Gasteiger partial charge on any atom is -0.303 e. The Kier molecular flexibility index (Phi) is 6.11. The number of rotatable bonds is 6. The number of hydrogen-bond acceptors (Lipinski definition) is 5. The van der Waals surface area contributed by atoms with Gasteiger partial charge in [-0.2, -0.15) is 5.10 Å². The van der Waals surface area contributed by atoms with Crippen molar-refractivity contribution in [3.8, 4) is 0 Å². The van der Waals surface area contributed by atoms with Crippen molar-refractivity contribution in [2.24, 2.45) is 10.2 Å². The second-order valence-corrected chi connectivity index (χ2v) is 6.72. The number of Topliss-reactive ketones (excluding diaryl/α,β-unsaturated/α-hetero) is 1. The van der Waals surface area contributed by atoms with Crippen molar-refractivity contribution in [3.63, 3.8) is 0 Å². The third kappa shape index (κ3) is 5.00. The highest BCUT2D eigenvalue weighted by Gasteiger charge is 2.32. The van der Waals surface area contributed by atoms with E-state index in [4.69, 9.17) is 0 Å². The molecule has 0 aliphatic carbocycles. The minimum atomic E-state index is -0.475. The van der Waals surface area contributed by atoms with E-state index in [1.54, 1.807) is 36.6 Å². The van der Waals surface area contributed by atoms with Crippen molar-refractivity contribution in [1.82, 2.24) is 5.32 Å². The molecule has 5 nitrogen and oxygen atoms in total. The number of ketones is 1. The number of hydrogen-bond donors (Lipinski definition) is 1. The van der Waals surface area contributed by atoms with Crippen molar-refractivity contribution in [2.75, 3.05) is 0 Å². The van der Waals surface area contributed by atoms with Crippen LogP contribution in [0.2, 0.25) is 0 Å². The van der Waals surface area contributed by atoms with E-state index in [1.165, 1.54) is 11.8 Å². The molecule has 26 heavy (non-hydrogen) atoms. The fourth-order valence-corrected chi connectivity index (χ4v) is 3.26. The van der Waals surface area contributed by atoms with Crippen LogP contribution in [-0.2, 0) is 4.79 Å². The van der Waals surface area contributed by atoms with Gasteiger partial charge in [-0.25, -0.2) is 0 Å². The quantitative estimate of drug-likeness (QED) is 0.485. The lowest BCUT2D eigenvalue weighted by Gasteiger charge is -2.04. The Hall–Kier alpha value is -2.99. The van der Waals surface area contributed by atoms with E-state index in [-0.39, 0.29) is 18.1 Å². The first-order chi connectivity index (χ1) is 12.7. The molecule has 1 aliphatic heterocycles. The molecule has 0 saturated carbocycles. The number of thioether (sulfide) groups is 1. The third-order valence-corrected chi connectivity index (χ3v) is 4.70. The zero-order valence-corrected chi connectivity index (χ0v) is 14.7. The summed E-state index contributed by atoms with van der Waals surface area (Å²) >= 11 is 1.23. The summed E-state index contributed by atoms with van der Waals surface area (Å²) in [4.78, 5) is 24.2. The smallest absolute Gasteiger partial charge is 0.240 e. The minimum absolute atomic E-state index is 0.0613. The second-order valence-electron chi connectivity index (χ2n) is 5.53. The molecule has 1 N–H and O–H groups in total. The van der Waals surface area contributed by atoms with E-state index < -0.39 is 5.25 Å². The monoisotopic (exact) mass is 363 g/mol. The Labute approximate surface area is 155 Å². The van der Waals surface area contributed by atoms with Crippen LogP contribution in [0.25, 0.3) is 6.08 Å². The second kappa shape index (κ2) is 8.92. The van der Waals surface area contributed by atoms with E-state index >= 15 is 0 Å². The van der Waals surface area contributed by atoms with Crippen LogP contribution >= 0.6 is 11.8 Å². The summed E-state index contributed by atoms with van der Waals surface area (Å²) < 4.78 is 0. The highest BCUT2D eigenvalue weighted by Crippen LogP contribution is 2.24. The number of carbonyl (C=O) groups is 2.